The fourth-order valence-electron chi connectivity index (χ4n) is 3.98. The maximum Gasteiger partial charge on any atom is 0.236 e. The van der Waals surface area contributed by atoms with Crippen LogP contribution < -0.4 is 5.32 Å². The molecule has 164 valence electrons. The summed E-state index contributed by atoms with van der Waals surface area (Å²) in [6.07, 6.45) is 4.84. The lowest BCUT2D eigenvalue weighted by Crippen LogP contribution is -2.54. The Morgan fingerprint density at radius 1 is 1.10 bits per heavy atom. The molecular weight excluding hydrogens is 497 g/mol. The molecule has 1 atom stereocenters. The van der Waals surface area contributed by atoms with Crippen LogP contribution in [0.4, 0.5) is 0 Å². The molecule has 1 aromatic heterocycles. The Kier molecular flexibility index (Phi) is 10.7. The van der Waals surface area contributed by atoms with Crippen molar-refractivity contribution in [3.05, 3.63) is 22.4 Å². The lowest BCUT2D eigenvalue weighted by Gasteiger charge is -2.37. The van der Waals surface area contributed by atoms with Gasteiger partial charge in [-0.3, -0.25) is 14.7 Å². The molecule has 2 aliphatic rings. The number of rotatable bonds is 5. The van der Waals surface area contributed by atoms with Gasteiger partial charge in [-0.25, -0.2) is 0 Å². The molecule has 3 rings (SSSR count). The molecule has 0 aliphatic carbocycles. The minimum atomic E-state index is 0. The zero-order chi connectivity index (χ0) is 19.8. The van der Waals surface area contributed by atoms with Gasteiger partial charge >= 0.3 is 0 Å². The predicted molar refractivity (Wildman–Crippen MR) is 133 cm³/mol. The molecular formula is C21H36IN5OS. The summed E-state index contributed by atoms with van der Waals surface area (Å²) < 4.78 is 0. The van der Waals surface area contributed by atoms with Gasteiger partial charge < -0.3 is 15.1 Å². The summed E-state index contributed by atoms with van der Waals surface area (Å²) >= 11 is 1.75. The minimum Gasteiger partial charge on any atom is -0.356 e. The van der Waals surface area contributed by atoms with E-state index in [0.717, 1.165) is 64.6 Å². The van der Waals surface area contributed by atoms with E-state index in [4.69, 9.17) is 0 Å². The molecule has 2 saturated heterocycles. The second kappa shape index (κ2) is 12.7. The van der Waals surface area contributed by atoms with Crippen LogP contribution in [0.1, 0.15) is 44.1 Å². The van der Waals surface area contributed by atoms with Crippen LogP contribution in [0.2, 0.25) is 0 Å². The van der Waals surface area contributed by atoms with Gasteiger partial charge in [-0.1, -0.05) is 19.8 Å². The number of thiophene rings is 1. The van der Waals surface area contributed by atoms with Gasteiger partial charge in [0.05, 0.1) is 6.54 Å². The summed E-state index contributed by atoms with van der Waals surface area (Å²) in [6.45, 7) is 9.25. The zero-order valence-corrected chi connectivity index (χ0v) is 21.0. The monoisotopic (exact) mass is 533 g/mol. The number of amides is 1. The van der Waals surface area contributed by atoms with E-state index in [2.05, 4.69) is 48.8 Å². The zero-order valence-electron chi connectivity index (χ0n) is 17.8. The maximum atomic E-state index is 12.6. The molecule has 3 heterocycles. The first kappa shape index (κ1) is 24.4. The van der Waals surface area contributed by atoms with Crippen LogP contribution >= 0.6 is 35.3 Å². The lowest BCUT2D eigenvalue weighted by atomic mass is 10.1. The SMILES string of the molecule is CN=C(NCC(C)c1ccsc1)N1CCN(CC(=O)N2CCCCCC2)CC1.I. The van der Waals surface area contributed by atoms with Crippen LogP contribution in [0.5, 0.6) is 0 Å². The molecule has 0 aromatic carbocycles. The Bertz CT molecular complexity index is 623. The summed E-state index contributed by atoms with van der Waals surface area (Å²) in [4.78, 5) is 23.8. The fourth-order valence-corrected chi connectivity index (χ4v) is 4.76. The number of carbonyl (C=O) groups excluding carboxylic acids is 1. The number of likely N-dealkylation sites (tertiary alicyclic amines) is 1. The quantitative estimate of drug-likeness (QED) is 0.359. The highest BCUT2D eigenvalue weighted by atomic mass is 127. The maximum absolute atomic E-state index is 12.6. The van der Waals surface area contributed by atoms with E-state index in [-0.39, 0.29) is 24.0 Å². The highest BCUT2D eigenvalue weighted by Gasteiger charge is 2.24. The first-order valence-electron chi connectivity index (χ1n) is 10.6. The number of nitrogens with zero attached hydrogens (tertiary/aromatic N) is 4. The van der Waals surface area contributed by atoms with Gasteiger partial charge in [0.2, 0.25) is 5.91 Å². The van der Waals surface area contributed by atoms with Crippen LogP contribution in [0.15, 0.2) is 21.8 Å². The summed E-state index contributed by atoms with van der Waals surface area (Å²) in [7, 11) is 1.85. The number of nitrogens with one attached hydrogen (secondary N) is 1. The summed E-state index contributed by atoms with van der Waals surface area (Å²) in [6, 6.07) is 2.19. The van der Waals surface area contributed by atoms with E-state index in [0.29, 0.717) is 18.4 Å². The summed E-state index contributed by atoms with van der Waals surface area (Å²) in [5.41, 5.74) is 1.38. The molecule has 6 nitrogen and oxygen atoms in total. The molecule has 1 N–H and O–H groups in total. The molecule has 0 bridgehead atoms. The van der Waals surface area contributed by atoms with Gasteiger partial charge in [-0.15, -0.1) is 24.0 Å². The number of carbonyl (C=O) groups is 1. The van der Waals surface area contributed by atoms with Crippen molar-refractivity contribution in [2.24, 2.45) is 4.99 Å². The minimum absolute atomic E-state index is 0. The van der Waals surface area contributed by atoms with Gasteiger partial charge in [0.1, 0.15) is 0 Å². The molecule has 0 saturated carbocycles. The Morgan fingerprint density at radius 3 is 2.38 bits per heavy atom. The second-order valence-electron chi connectivity index (χ2n) is 7.94. The first-order valence-corrected chi connectivity index (χ1v) is 11.6. The Labute approximate surface area is 196 Å². The largest absolute Gasteiger partial charge is 0.356 e. The van der Waals surface area contributed by atoms with E-state index in [1.54, 1.807) is 11.3 Å². The molecule has 29 heavy (non-hydrogen) atoms. The van der Waals surface area contributed by atoms with Crippen molar-refractivity contribution in [2.75, 3.05) is 59.4 Å². The molecule has 0 radical (unpaired) electrons. The summed E-state index contributed by atoms with van der Waals surface area (Å²) in [5, 5.41) is 7.88. The molecule has 1 unspecified atom stereocenters. The smallest absolute Gasteiger partial charge is 0.236 e. The van der Waals surface area contributed by atoms with Crippen molar-refractivity contribution in [2.45, 2.75) is 38.5 Å². The van der Waals surface area contributed by atoms with Gasteiger partial charge in [0, 0.05) is 52.9 Å². The highest BCUT2D eigenvalue weighted by Crippen LogP contribution is 2.17. The number of guanidine groups is 1. The van der Waals surface area contributed by atoms with Crippen molar-refractivity contribution >= 4 is 47.2 Å². The Hall–Kier alpha value is -0.870. The topological polar surface area (TPSA) is 51.2 Å². The van der Waals surface area contributed by atoms with Crippen molar-refractivity contribution in [3.63, 3.8) is 0 Å². The predicted octanol–water partition coefficient (Wildman–Crippen LogP) is 3.07. The molecule has 1 amide bonds. The fraction of sp³-hybridized carbons (Fsp3) is 0.714. The average molecular weight is 534 g/mol. The standard InChI is InChI=1S/C21H35N5OS.HI/c1-18(19-7-14-28-17-19)15-23-21(22-2)26-12-10-24(11-13-26)16-20(27)25-8-5-3-4-6-9-25;/h7,14,17-18H,3-6,8-13,15-16H2,1-2H3,(H,22,23);1H. The molecule has 2 aliphatic heterocycles. The first-order chi connectivity index (χ1) is 13.7. The van der Waals surface area contributed by atoms with Crippen LogP contribution in [0.3, 0.4) is 0 Å². The van der Waals surface area contributed by atoms with E-state index >= 15 is 0 Å². The average Bonchev–Trinajstić information content (AvgIpc) is 3.12. The van der Waals surface area contributed by atoms with Crippen molar-refractivity contribution in [3.8, 4) is 0 Å². The second-order valence-corrected chi connectivity index (χ2v) is 8.72. The van der Waals surface area contributed by atoms with Crippen LogP contribution in [-0.4, -0.2) is 86.0 Å². The van der Waals surface area contributed by atoms with E-state index in [1.807, 2.05) is 7.05 Å². The normalized spacial score (nSPS) is 20.0. The third-order valence-corrected chi connectivity index (χ3v) is 6.58. The highest BCUT2D eigenvalue weighted by molar-refractivity contribution is 14.0. The Balaban J connectivity index is 0.00000300. The molecule has 2 fully saturated rings. The van der Waals surface area contributed by atoms with E-state index in [9.17, 15) is 4.79 Å². The van der Waals surface area contributed by atoms with Gasteiger partial charge in [-0.05, 0) is 41.1 Å². The number of hydrogen-bond donors (Lipinski definition) is 1. The molecule has 0 spiro atoms. The number of aliphatic imine (C=N–C) groups is 1. The third-order valence-electron chi connectivity index (χ3n) is 5.88. The third kappa shape index (κ3) is 7.40. The molecule has 1 aromatic rings. The van der Waals surface area contributed by atoms with Crippen molar-refractivity contribution in [1.82, 2.24) is 20.0 Å². The van der Waals surface area contributed by atoms with Gasteiger partial charge in [0.25, 0.3) is 0 Å². The number of piperazine rings is 1. The molecule has 8 heteroatoms. The van der Waals surface area contributed by atoms with Crippen LogP contribution in [0.25, 0.3) is 0 Å². The van der Waals surface area contributed by atoms with Crippen molar-refractivity contribution in [1.29, 1.82) is 0 Å². The van der Waals surface area contributed by atoms with Crippen molar-refractivity contribution < 1.29 is 4.79 Å². The number of halogens is 1. The van der Waals surface area contributed by atoms with E-state index < -0.39 is 0 Å². The van der Waals surface area contributed by atoms with E-state index in [1.165, 1.54) is 18.4 Å². The van der Waals surface area contributed by atoms with Crippen LogP contribution in [-0.2, 0) is 4.79 Å². The lowest BCUT2D eigenvalue weighted by molar-refractivity contribution is -0.132. The van der Waals surface area contributed by atoms with Gasteiger partial charge in [-0.2, -0.15) is 11.3 Å². The summed E-state index contributed by atoms with van der Waals surface area (Å²) in [5.74, 6) is 1.75. The van der Waals surface area contributed by atoms with Crippen LogP contribution in [0, 0.1) is 0 Å². The van der Waals surface area contributed by atoms with Gasteiger partial charge in [0.15, 0.2) is 5.96 Å². The Morgan fingerprint density at radius 2 is 1.79 bits per heavy atom. The number of hydrogen-bond acceptors (Lipinski definition) is 4.